The number of nitrogens with zero attached hydrogens (tertiary/aromatic N) is 2. The Morgan fingerprint density at radius 3 is 2.63 bits per heavy atom. The molecule has 2 aromatic rings. The highest BCUT2D eigenvalue weighted by Gasteiger charge is 2.22. The van der Waals surface area contributed by atoms with E-state index in [9.17, 15) is 0 Å². The molecule has 0 aliphatic carbocycles. The van der Waals surface area contributed by atoms with E-state index in [1.54, 1.807) is 0 Å². The van der Waals surface area contributed by atoms with Gasteiger partial charge < -0.3 is 14.9 Å². The van der Waals surface area contributed by atoms with Crippen LogP contribution in [0.3, 0.4) is 0 Å². The Morgan fingerprint density at radius 2 is 2.00 bits per heavy atom. The van der Waals surface area contributed by atoms with Crippen LogP contribution >= 0.6 is 0 Å². The fourth-order valence-electron chi connectivity index (χ4n) is 2.06. The maximum atomic E-state index is 6.27. The largest absolute Gasteiger partial charge is 0.488 e. The van der Waals surface area contributed by atoms with E-state index in [-0.39, 0.29) is 5.54 Å². The summed E-state index contributed by atoms with van der Waals surface area (Å²) in [6, 6.07) is 3.93. The normalized spacial score (nSPS) is 12.1. The number of hydrogen-bond donors (Lipinski definition) is 1. The van der Waals surface area contributed by atoms with Gasteiger partial charge in [0.25, 0.3) is 0 Å². The molecule has 0 radical (unpaired) electrons. The van der Waals surface area contributed by atoms with Crippen molar-refractivity contribution in [1.29, 1.82) is 0 Å². The molecule has 0 spiro atoms. The van der Waals surface area contributed by atoms with Crippen LogP contribution in [0.2, 0.25) is 0 Å². The molecule has 0 saturated carbocycles. The van der Waals surface area contributed by atoms with E-state index < -0.39 is 0 Å². The molecule has 0 saturated heterocycles. The lowest BCUT2D eigenvalue weighted by molar-refractivity contribution is 0.208. The fraction of sp³-hybridized carbons (Fsp3) is 0.533. The quantitative estimate of drug-likeness (QED) is 0.900. The number of rotatable bonds is 5. The fourth-order valence-corrected chi connectivity index (χ4v) is 2.06. The number of ether oxygens (including phenoxy) is 1. The number of hydrogen-bond acceptors (Lipinski definition) is 3. The standard InChI is InChI=1S/C15H23N3O/c1-5-15(16,6-2)10-19-13-8-7-9-18-12(4)11(3)17-14(13)18/h7-9H,5-6,10,16H2,1-4H3. The summed E-state index contributed by atoms with van der Waals surface area (Å²) in [5.74, 6) is 0.801. The number of aromatic nitrogens is 2. The van der Waals surface area contributed by atoms with Gasteiger partial charge in [-0.3, -0.25) is 0 Å². The zero-order valence-electron chi connectivity index (χ0n) is 12.2. The Bertz CT molecular complexity index is 570. The second kappa shape index (κ2) is 5.21. The van der Waals surface area contributed by atoms with Crippen molar-refractivity contribution in [3.63, 3.8) is 0 Å². The van der Waals surface area contributed by atoms with Gasteiger partial charge >= 0.3 is 0 Å². The van der Waals surface area contributed by atoms with Crippen molar-refractivity contribution in [1.82, 2.24) is 9.38 Å². The van der Waals surface area contributed by atoms with Crippen LogP contribution in [0.4, 0.5) is 0 Å². The first-order valence-electron chi connectivity index (χ1n) is 6.86. The van der Waals surface area contributed by atoms with Gasteiger partial charge in [0.15, 0.2) is 11.4 Å². The molecule has 0 aromatic carbocycles. The highest BCUT2D eigenvalue weighted by Crippen LogP contribution is 2.23. The molecule has 4 heteroatoms. The Kier molecular flexibility index (Phi) is 3.80. The topological polar surface area (TPSA) is 52.5 Å². The van der Waals surface area contributed by atoms with Gasteiger partial charge in [-0.1, -0.05) is 13.8 Å². The molecule has 0 aliphatic rings. The van der Waals surface area contributed by atoms with E-state index in [0.29, 0.717) is 6.61 Å². The number of nitrogens with two attached hydrogens (primary N) is 1. The minimum Gasteiger partial charge on any atom is -0.488 e. The van der Waals surface area contributed by atoms with Crippen molar-refractivity contribution >= 4 is 5.65 Å². The summed E-state index contributed by atoms with van der Waals surface area (Å²) in [5, 5.41) is 0. The van der Waals surface area contributed by atoms with Gasteiger partial charge in [-0.05, 0) is 38.8 Å². The molecule has 2 heterocycles. The lowest BCUT2D eigenvalue weighted by atomic mass is 9.96. The van der Waals surface area contributed by atoms with E-state index >= 15 is 0 Å². The monoisotopic (exact) mass is 261 g/mol. The summed E-state index contributed by atoms with van der Waals surface area (Å²) in [6.45, 7) is 8.78. The molecular weight excluding hydrogens is 238 g/mol. The third-order valence-electron chi connectivity index (χ3n) is 4.01. The molecule has 0 unspecified atom stereocenters. The molecule has 0 aliphatic heterocycles. The molecular formula is C15H23N3O. The molecule has 0 bridgehead atoms. The number of pyridine rings is 1. The lowest BCUT2D eigenvalue weighted by Crippen LogP contribution is -2.44. The first kappa shape index (κ1) is 13.9. The van der Waals surface area contributed by atoms with Gasteiger partial charge in [0, 0.05) is 17.4 Å². The van der Waals surface area contributed by atoms with Gasteiger partial charge in [0.2, 0.25) is 0 Å². The summed E-state index contributed by atoms with van der Waals surface area (Å²) in [5.41, 5.74) is 9.05. The Balaban J connectivity index is 2.29. The molecule has 0 amide bonds. The van der Waals surface area contributed by atoms with Crippen molar-refractivity contribution in [2.75, 3.05) is 6.61 Å². The van der Waals surface area contributed by atoms with E-state index in [4.69, 9.17) is 10.5 Å². The van der Waals surface area contributed by atoms with Crippen molar-refractivity contribution in [2.24, 2.45) is 5.73 Å². The van der Waals surface area contributed by atoms with E-state index in [2.05, 4.69) is 30.2 Å². The van der Waals surface area contributed by atoms with Crippen LogP contribution in [0.5, 0.6) is 5.75 Å². The Morgan fingerprint density at radius 1 is 1.32 bits per heavy atom. The minimum atomic E-state index is -0.260. The maximum absolute atomic E-state index is 6.27. The van der Waals surface area contributed by atoms with E-state index in [1.165, 1.54) is 0 Å². The molecule has 4 nitrogen and oxygen atoms in total. The first-order chi connectivity index (χ1) is 9.00. The van der Waals surface area contributed by atoms with Crippen LogP contribution < -0.4 is 10.5 Å². The van der Waals surface area contributed by atoms with Crippen LogP contribution in [0.1, 0.15) is 38.1 Å². The average Bonchev–Trinajstić information content (AvgIpc) is 2.72. The maximum Gasteiger partial charge on any atom is 0.180 e. The highest BCUT2D eigenvalue weighted by atomic mass is 16.5. The smallest absolute Gasteiger partial charge is 0.180 e. The average molecular weight is 261 g/mol. The van der Waals surface area contributed by atoms with Gasteiger partial charge in [0.05, 0.1) is 5.69 Å². The number of aryl methyl sites for hydroxylation is 2. The van der Waals surface area contributed by atoms with Crippen molar-refractivity contribution < 1.29 is 4.74 Å². The van der Waals surface area contributed by atoms with Gasteiger partial charge in [0.1, 0.15) is 6.61 Å². The van der Waals surface area contributed by atoms with E-state index in [1.807, 2.05) is 25.3 Å². The SMILES string of the molecule is CCC(N)(CC)COc1cccn2c(C)c(C)nc12. The molecule has 2 aromatic heterocycles. The van der Waals surface area contributed by atoms with Crippen LogP contribution in [-0.4, -0.2) is 21.5 Å². The predicted octanol–water partition coefficient (Wildman–Crippen LogP) is 2.85. The molecule has 104 valence electrons. The molecule has 0 fully saturated rings. The van der Waals surface area contributed by atoms with Crippen molar-refractivity contribution in [3.05, 3.63) is 29.7 Å². The van der Waals surface area contributed by atoms with Crippen molar-refractivity contribution in [2.45, 2.75) is 46.1 Å². The summed E-state index contributed by atoms with van der Waals surface area (Å²) in [6.07, 6.45) is 3.81. The zero-order valence-corrected chi connectivity index (χ0v) is 12.2. The van der Waals surface area contributed by atoms with Crippen molar-refractivity contribution in [3.8, 4) is 5.75 Å². The van der Waals surface area contributed by atoms with Crippen LogP contribution in [0.25, 0.3) is 5.65 Å². The van der Waals surface area contributed by atoms with Crippen LogP contribution in [-0.2, 0) is 0 Å². The van der Waals surface area contributed by atoms with Gasteiger partial charge in [-0.15, -0.1) is 0 Å². The third kappa shape index (κ3) is 2.59. The number of fused-ring (bicyclic) bond motifs is 1. The lowest BCUT2D eigenvalue weighted by Gasteiger charge is -2.26. The van der Waals surface area contributed by atoms with Crippen LogP contribution in [0.15, 0.2) is 18.3 Å². The second-order valence-electron chi connectivity index (χ2n) is 5.21. The molecule has 2 N–H and O–H groups in total. The third-order valence-corrected chi connectivity index (χ3v) is 4.01. The minimum absolute atomic E-state index is 0.260. The first-order valence-corrected chi connectivity index (χ1v) is 6.86. The molecule has 19 heavy (non-hydrogen) atoms. The second-order valence-corrected chi connectivity index (χ2v) is 5.21. The van der Waals surface area contributed by atoms with E-state index in [0.717, 1.165) is 35.6 Å². The molecule has 2 rings (SSSR count). The summed E-state index contributed by atoms with van der Waals surface area (Å²) >= 11 is 0. The van der Waals surface area contributed by atoms with Crippen LogP contribution in [0, 0.1) is 13.8 Å². The Hall–Kier alpha value is -1.55. The van der Waals surface area contributed by atoms with Gasteiger partial charge in [-0.2, -0.15) is 0 Å². The predicted molar refractivity (Wildman–Crippen MR) is 77.7 cm³/mol. The molecule has 0 atom stereocenters. The highest BCUT2D eigenvalue weighted by molar-refractivity contribution is 5.55. The summed E-state index contributed by atoms with van der Waals surface area (Å²) in [7, 11) is 0. The number of imidazole rings is 1. The van der Waals surface area contributed by atoms with Gasteiger partial charge in [-0.25, -0.2) is 4.98 Å². The summed E-state index contributed by atoms with van der Waals surface area (Å²) < 4.78 is 7.98. The summed E-state index contributed by atoms with van der Waals surface area (Å²) in [4.78, 5) is 4.56. The zero-order chi connectivity index (χ0) is 14.0. The Labute approximate surface area is 114 Å².